The Morgan fingerprint density at radius 1 is 1.00 bits per heavy atom. The van der Waals surface area contributed by atoms with Gasteiger partial charge in [-0.15, -0.1) is 0 Å². The van der Waals surface area contributed by atoms with E-state index >= 15 is 0 Å². The first-order valence-corrected chi connectivity index (χ1v) is 10.4. The zero-order valence-corrected chi connectivity index (χ0v) is 18.0. The molecule has 1 aliphatic rings. The summed E-state index contributed by atoms with van der Waals surface area (Å²) < 4.78 is 0. The summed E-state index contributed by atoms with van der Waals surface area (Å²) in [6.07, 6.45) is 0.957. The molecule has 31 heavy (non-hydrogen) atoms. The summed E-state index contributed by atoms with van der Waals surface area (Å²) >= 11 is 0. The molecular weight excluding hydrogens is 394 g/mol. The van der Waals surface area contributed by atoms with E-state index in [-0.39, 0.29) is 30.1 Å². The zero-order valence-electron chi connectivity index (χ0n) is 18.0. The van der Waals surface area contributed by atoms with Crippen LogP contribution < -0.4 is 4.90 Å². The Morgan fingerprint density at radius 2 is 1.58 bits per heavy atom. The van der Waals surface area contributed by atoms with Crippen LogP contribution in [0.2, 0.25) is 0 Å². The molecule has 0 spiro atoms. The maximum absolute atomic E-state index is 13.0. The molecule has 2 aromatic rings. The molecule has 1 atom stereocenters. The van der Waals surface area contributed by atoms with Crippen molar-refractivity contribution in [2.24, 2.45) is 5.92 Å². The van der Waals surface area contributed by atoms with Gasteiger partial charge in [-0.2, -0.15) is 0 Å². The maximum atomic E-state index is 13.0. The Kier molecular flexibility index (Phi) is 6.59. The lowest BCUT2D eigenvalue weighted by Gasteiger charge is -2.27. The number of ketones is 1. The van der Waals surface area contributed by atoms with Crippen molar-refractivity contribution in [1.29, 1.82) is 0 Å². The average molecular weight is 421 g/mol. The Morgan fingerprint density at radius 3 is 2.10 bits per heavy atom. The van der Waals surface area contributed by atoms with Crippen LogP contribution in [-0.4, -0.2) is 27.9 Å². The second-order valence-electron chi connectivity index (χ2n) is 8.19. The predicted octanol–water partition coefficient (Wildman–Crippen LogP) is 4.39. The van der Waals surface area contributed by atoms with Crippen LogP contribution >= 0.6 is 0 Å². The average Bonchev–Trinajstić information content (AvgIpc) is 2.99. The number of aliphatic carboxylic acids is 1. The predicted molar refractivity (Wildman–Crippen MR) is 118 cm³/mol. The molecule has 162 valence electrons. The Bertz CT molecular complexity index is 1020. The molecular formula is C25H27NO5. The van der Waals surface area contributed by atoms with Gasteiger partial charge >= 0.3 is 5.97 Å². The number of nitrogens with zero attached hydrogens (tertiary/aromatic N) is 1. The fraction of sp³-hybridized carbons (Fsp3) is 0.320. The number of amides is 1. The summed E-state index contributed by atoms with van der Waals surface area (Å²) in [5.41, 5.74) is 3.05. The zero-order chi connectivity index (χ0) is 22.7. The number of anilines is 1. The minimum absolute atomic E-state index is 0.0790. The molecule has 0 radical (unpaired) electrons. The van der Waals surface area contributed by atoms with Crippen LogP contribution in [0.15, 0.2) is 59.9 Å². The highest BCUT2D eigenvalue weighted by Crippen LogP contribution is 2.41. The standard InChI is InChI=1S/C25H27NO5/c1-4-16-5-9-18(10-6-16)23-22(20(27)13-15(2)3)24(30)25(31)26(23)19-11-7-17(8-12-19)14-21(28)29/h5-12,15,23,30H,4,13-14H2,1-3H3,(H,28,29). The first kappa shape index (κ1) is 22.3. The number of aliphatic hydroxyl groups excluding tert-OH is 1. The number of carbonyl (C=O) groups is 3. The summed E-state index contributed by atoms with van der Waals surface area (Å²) in [5, 5.41) is 19.7. The Hall–Kier alpha value is -3.41. The van der Waals surface area contributed by atoms with E-state index in [2.05, 4.69) is 0 Å². The van der Waals surface area contributed by atoms with E-state index in [0.29, 0.717) is 11.3 Å². The first-order valence-electron chi connectivity index (χ1n) is 10.4. The summed E-state index contributed by atoms with van der Waals surface area (Å²) in [7, 11) is 0. The van der Waals surface area contributed by atoms with Crippen molar-refractivity contribution >= 4 is 23.3 Å². The lowest BCUT2D eigenvalue weighted by atomic mass is 9.91. The molecule has 6 heteroatoms. The smallest absolute Gasteiger partial charge is 0.307 e. The van der Waals surface area contributed by atoms with Crippen molar-refractivity contribution in [1.82, 2.24) is 0 Å². The number of benzene rings is 2. The van der Waals surface area contributed by atoms with Gasteiger partial charge in [0.05, 0.1) is 18.0 Å². The van der Waals surface area contributed by atoms with Gasteiger partial charge in [0.2, 0.25) is 0 Å². The van der Waals surface area contributed by atoms with Crippen LogP contribution in [0.25, 0.3) is 0 Å². The minimum atomic E-state index is -0.945. The van der Waals surface area contributed by atoms with Gasteiger partial charge in [0.1, 0.15) is 0 Å². The number of hydrogen-bond donors (Lipinski definition) is 2. The highest BCUT2D eigenvalue weighted by molar-refractivity contribution is 6.16. The number of aliphatic hydroxyl groups is 1. The maximum Gasteiger partial charge on any atom is 0.307 e. The fourth-order valence-electron chi connectivity index (χ4n) is 3.84. The molecule has 0 aromatic heterocycles. The molecule has 0 saturated heterocycles. The first-order chi connectivity index (χ1) is 14.7. The minimum Gasteiger partial charge on any atom is -0.503 e. The molecule has 1 heterocycles. The molecule has 0 aliphatic carbocycles. The number of Topliss-reactive ketones (excluding diaryl/α,β-unsaturated/α-hetero) is 1. The van der Waals surface area contributed by atoms with Crippen molar-refractivity contribution in [2.75, 3.05) is 4.90 Å². The summed E-state index contributed by atoms with van der Waals surface area (Å²) in [5.74, 6) is -2.28. The lowest BCUT2D eigenvalue weighted by molar-refractivity contribution is -0.136. The van der Waals surface area contributed by atoms with Crippen molar-refractivity contribution in [3.8, 4) is 0 Å². The van der Waals surface area contributed by atoms with Gasteiger partial charge in [0.15, 0.2) is 11.5 Å². The van der Waals surface area contributed by atoms with E-state index in [1.807, 2.05) is 45.0 Å². The number of aryl methyl sites for hydroxylation is 1. The van der Waals surface area contributed by atoms with Gasteiger partial charge in [0, 0.05) is 12.1 Å². The van der Waals surface area contributed by atoms with E-state index in [1.165, 1.54) is 4.90 Å². The molecule has 0 saturated carbocycles. The van der Waals surface area contributed by atoms with Gasteiger partial charge in [-0.05, 0) is 41.2 Å². The van der Waals surface area contributed by atoms with Crippen LogP contribution in [0, 0.1) is 5.92 Å². The van der Waals surface area contributed by atoms with E-state index < -0.39 is 23.7 Å². The topological polar surface area (TPSA) is 94.9 Å². The third-order valence-corrected chi connectivity index (χ3v) is 5.38. The largest absolute Gasteiger partial charge is 0.503 e. The molecule has 2 aromatic carbocycles. The van der Waals surface area contributed by atoms with Crippen LogP contribution in [0.3, 0.4) is 0 Å². The van der Waals surface area contributed by atoms with Gasteiger partial charge in [0.25, 0.3) is 5.91 Å². The number of carboxylic acid groups (broad SMARTS) is 1. The SMILES string of the molecule is CCc1ccc(C2C(C(=O)CC(C)C)=C(O)C(=O)N2c2ccc(CC(=O)O)cc2)cc1. The Labute approximate surface area is 181 Å². The summed E-state index contributed by atoms with van der Waals surface area (Å²) in [4.78, 5) is 38.4. The fourth-order valence-corrected chi connectivity index (χ4v) is 3.84. The van der Waals surface area contributed by atoms with Crippen LogP contribution in [-0.2, 0) is 27.2 Å². The van der Waals surface area contributed by atoms with Crippen LogP contribution in [0.4, 0.5) is 5.69 Å². The third kappa shape index (κ3) is 4.68. The quantitative estimate of drug-likeness (QED) is 0.659. The van der Waals surface area contributed by atoms with Crippen LogP contribution in [0.1, 0.15) is 49.9 Å². The number of carboxylic acids is 1. The summed E-state index contributed by atoms with van der Waals surface area (Å²) in [6.45, 7) is 5.87. The van der Waals surface area contributed by atoms with Crippen molar-refractivity contribution < 1.29 is 24.6 Å². The summed E-state index contributed by atoms with van der Waals surface area (Å²) in [6, 6.07) is 13.5. The van der Waals surface area contributed by atoms with E-state index in [9.17, 15) is 19.5 Å². The normalized spacial score (nSPS) is 16.3. The van der Waals surface area contributed by atoms with E-state index in [0.717, 1.165) is 17.5 Å². The van der Waals surface area contributed by atoms with Crippen molar-refractivity contribution in [3.05, 3.63) is 76.6 Å². The van der Waals surface area contributed by atoms with E-state index in [1.54, 1.807) is 24.3 Å². The second kappa shape index (κ2) is 9.16. The molecule has 6 nitrogen and oxygen atoms in total. The van der Waals surface area contributed by atoms with E-state index in [4.69, 9.17) is 5.11 Å². The number of rotatable bonds is 8. The number of carbonyl (C=O) groups excluding carboxylic acids is 2. The molecule has 3 rings (SSSR count). The van der Waals surface area contributed by atoms with Gasteiger partial charge in [-0.1, -0.05) is 57.2 Å². The third-order valence-electron chi connectivity index (χ3n) is 5.38. The lowest BCUT2D eigenvalue weighted by Crippen LogP contribution is -2.31. The highest BCUT2D eigenvalue weighted by atomic mass is 16.4. The van der Waals surface area contributed by atoms with Gasteiger partial charge in [-0.25, -0.2) is 0 Å². The monoisotopic (exact) mass is 421 g/mol. The van der Waals surface area contributed by atoms with Crippen molar-refractivity contribution in [2.45, 2.75) is 46.1 Å². The van der Waals surface area contributed by atoms with Crippen LogP contribution in [0.5, 0.6) is 0 Å². The van der Waals surface area contributed by atoms with Crippen molar-refractivity contribution in [3.63, 3.8) is 0 Å². The Balaban J connectivity index is 2.07. The molecule has 1 unspecified atom stereocenters. The van der Waals surface area contributed by atoms with Gasteiger partial charge < -0.3 is 10.2 Å². The second-order valence-corrected chi connectivity index (χ2v) is 8.19. The molecule has 2 N–H and O–H groups in total. The highest BCUT2D eigenvalue weighted by Gasteiger charge is 2.44. The molecule has 1 amide bonds. The molecule has 0 bridgehead atoms. The number of hydrogen-bond acceptors (Lipinski definition) is 4. The van der Waals surface area contributed by atoms with Gasteiger partial charge in [-0.3, -0.25) is 19.3 Å². The molecule has 0 fully saturated rings. The molecule has 1 aliphatic heterocycles.